The number of furan rings is 1. The van der Waals surface area contributed by atoms with E-state index in [2.05, 4.69) is 15.5 Å². The highest BCUT2D eigenvalue weighted by atomic mass is 32.2. The molecule has 0 aliphatic carbocycles. The molecule has 172 valence electrons. The quantitative estimate of drug-likeness (QED) is 0.388. The van der Waals surface area contributed by atoms with Gasteiger partial charge in [-0.25, -0.2) is 8.42 Å². The highest BCUT2D eigenvalue weighted by Gasteiger charge is 2.20. The molecule has 0 atom stereocenters. The number of rotatable bonds is 9. The van der Waals surface area contributed by atoms with Crippen molar-refractivity contribution in [2.24, 2.45) is 0 Å². The fraction of sp³-hybridized carbons (Fsp3) is 0.227. The second-order valence-corrected chi connectivity index (χ2v) is 9.03. The van der Waals surface area contributed by atoms with Crippen LogP contribution in [0.5, 0.6) is 11.5 Å². The van der Waals surface area contributed by atoms with Crippen molar-refractivity contribution in [3.63, 3.8) is 0 Å². The first-order valence-corrected chi connectivity index (χ1v) is 11.7. The Morgan fingerprint density at radius 3 is 2.61 bits per heavy atom. The predicted molar refractivity (Wildman–Crippen MR) is 119 cm³/mol. The number of sulfone groups is 1. The van der Waals surface area contributed by atoms with Crippen LogP contribution in [0.3, 0.4) is 0 Å². The summed E-state index contributed by atoms with van der Waals surface area (Å²) in [6, 6.07) is 13.0. The third-order valence-electron chi connectivity index (χ3n) is 4.71. The average Bonchev–Trinajstić information content (AvgIpc) is 3.45. The van der Waals surface area contributed by atoms with E-state index in [1.807, 2.05) is 19.1 Å². The highest BCUT2D eigenvalue weighted by Crippen LogP contribution is 2.33. The first-order valence-electron chi connectivity index (χ1n) is 10.1. The molecule has 4 rings (SSSR count). The number of para-hydroxylation sites is 1. The van der Waals surface area contributed by atoms with E-state index in [1.165, 1.54) is 19.2 Å². The summed E-state index contributed by atoms with van der Waals surface area (Å²) in [5.74, 6) is 0.549. The molecule has 0 saturated carbocycles. The summed E-state index contributed by atoms with van der Waals surface area (Å²) in [6.07, 6.45) is -0.283. The van der Waals surface area contributed by atoms with Gasteiger partial charge in [-0.15, -0.1) is 5.10 Å². The van der Waals surface area contributed by atoms with E-state index in [0.29, 0.717) is 29.4 Å². The molecule has 0 fully saturated rings. The van der Waals surface area contributed by atoms with Crippen LogP contribution in [0, 0.1) is 0 Å². The fourth-order valence-electron chi connectivity index (χ4n) is 3.09. The molecule has 11 heteroatoms. The molecule has 10 nitrogen and oxygen atoms in total. The molecule has 0 radical (unpaired) electrons. The Morgan fingerprint density at radius 2 is 1.88 bits per heavy atom. The number of methoxy groups -OCH3 is 1. The van der Waals surface area contributed by atoms with Crippen molar-refractivity contribution in [3.8, 4) is 23.1 Å². The minimum absolute atomic E-state index is 0.0646. The molecule has 1 N–H and O–H groups in total. The van der Waals surface area contributed by atoms with Gasteiger partial charge in [0.2, 0.25) is 5.91 Å². The topological polar surface area (TPSA) is 134 Å². The highest BCUT2D eigenvalue weighted by molar-refractivity contribution is 7.91. The van der Waals surface area contributed by atoms with E-state index in [1.54, 1.807) is 24.3 Å². The lowest BCUT2D eigenvalue weighted by Crippen LogP contribution is -2.17. The Bertz CT molecular complexity index is 1370. The van der Waals surface area contributed by atoms with E-state index in [4.69, 9.17) is 18.3 Å². The van der Waals surface area contributed by atoms with Crippen molar-refractivity contribution in [2.75, 3.05) is 24.8 Å². The summed E-state index contributed by atoms with van der Waals surface area (Å²) < 4.78 is 46.7. The molecular formula is C22H21N3O7S. The number of amides is 1. The van der Waals surface area contributed by atoms with Crippen LogP contribution in [0.1, 0.15) is 13.3 Å². The zero-order valence-electron chi connectivity index (χ0n) is 17.9. The van der Waals surface area contributed by atoms with Crippen molar-refractivity contribution in [3.05, 3.63) is 48.5 Å². The van der Waals surface area contributed by atoms with Gasteiger partial charge in [-0.05, 0) is 43.3 Å². The SMILES string of the molecule is CCOc1cccc2cc(-c3nnc(NC(=O)CCS(=O)(=O)c4ccc(OC)cc4)o3)oc12. The Morgan fingerprint density at radius 1 is 1.09 bits per heavy atom. The summed E-state index contributed by atoms with van der Waals surface area (Å²) in [7, 11) is -2.15. The maximum atomic E-state index is 12.4. The van der Waals surface area contributed by atoms with Crippen LogP contribution < -0.4 is 14.8 Å². The van der Waals surface area contributed by atoms with Gasteiger partial charge in [-0.3, -0.25) is 10.1 Å². The van der Waals surface area contributed by atoms with Gasteiger partial charge in [-0.2, -0.15) is 0 Å². The molecular weight excluding hydrogens is 450 g/mol. The van der Waals surface area contributed by atoms with Crippen molar-refractivity contribution >= 4 is 32.7 Å². The van der Waals surface area contributed by atoms with Crippen molar-refractivity contribution in [2.45, 2.75) is 18.2 Å². The molecule has 2 aromatic heterocycles. The van der Waals surface area contributed by atoms with Gasteiger partial charge in [-0.1, -0.05) is 17.2 Å². The number of fused-ring (bicyclic) bond motifs is 1. The second kappa shape index (κ2) is 9.33. The van der Waals surface area contributed by atoms with E-state index < -0.39 is 15.7 Å². The standard InChI is InChI=1S/C22H21N3O7S/c1-3-30-17-6-4-5-14-13-18(31-20(14)17)21-24-25-22(32-21)23-19(26)11-12-33(27,28)16-9-7-15(29-2)8-10-16/h4-10,13H,3,11-12H2,1-2H3,(H,23,25,26). The van der Waals surface area contributed by atoms with Crippen molar-refractivity contribution < 1.29 is 31.5 Å². The van der Waals surface area contributed by atoms with Crippen LogP contribution in [-0.4, -0.2) is 44.0 Å². The van der Waals surface area contributed by atoms with Crippen molar-refractivity contribution in [1.29, 1.82) is 0 Å². The van der Waals surface area contributed by atoms with E-state index in [9.17, 15) is 13.2 Å². The molecule has 0 spiro atoms. The van der Waals surface area contributed by atoms with Crippen LogP contribution in [-0.2, 0) is 14.6 Å². The molecule has 2 aromatic carbocycles. The fourth-order valence-corrected chi connectivity index (χ4v) is 4.33. The van der Waals surface area contributed by atoms with Gasteiger partial charge in [0.05, 0.1) is 24.4 Å². The molecule has 0 aliphatic rings. The summed E-state index contributed by atoms with van der Waals surface area (Å²) in [5, 5.41) is 10.9. The lowest BCUT2D eigenvalue weighted by Gasteiger charge is -2.05. The molecule has 2 heterocycles. The minimum atomic E-state index is -3.64. The van der Waals surface area contributed by atoms with Gasteiger partial charge in [0.1, 0.15) is 5.75 Å². The van der Waals surface area contributed by atoms with Crippen LogP contribution in [0.25, 0.3) is 22.6 Å². The first-order chi connectivity index (χ1) is 15.9. The molecule has 33 heavy (non-hydrogen) atoms. The molecule has 0 unspecified atom stereocenters. The number of nitrogens with zero attached hydrogens (tertiary/aromatic N) is 2. The van der Waals surface area contributed by atoms with Gasteiger partial charge >= 0.3 is 6.01 Å². The molecule has 0 aliphatic heterocycles. The summed E-state index contributed by atoms with van der Waals surface area (Å²) in [4.78, 5) is 12.3. The molecule has 0 saturated heterocycles. The van der Waals surface area contributed by atoms with Gasteiger partial charge < -0.3 is 18.3 Å². The van der Waals surface area contributed by atoms with Crippen LogP contribution in [0.15, 0.2) is 62.3 Å². The Kier molecular flexibility index (Phi) is 6.31. The molecule has 1 amide bonds. The third-order valence-corrected chi connectivity index (χ3v) is 6.44. The number of ether oxygens (including phenoxy) is 2. The number of benzene rings is 2. The van der Waals surface area contributed by atoms with Gasteiger partial charge in [0, 0.05) is 11.8 Å². The smallest absolute Gasteiger partial charge is 0.322 e. The maximum Gasteiger partial charge on any atom is 0.322 e. The first kappa shape index (κ1) is 22.3. The van der Waals surface area contributed by atoms with E-state index in [0.717, 1.165) is 5.39 Å². The number of anilines is 1. The van der Waals surface area contributed by atoms with Crippen LogP contribution in [0.4, 0.5) is 6.01 Å². The Labute approximate surface area is 189 Å². The normalized spacial score (nSPS) is 11.5. The maximum absolute atomic E-state index is 12.4. The van der Waals surface area contributed by atoms with E-state index in [-0.39, 0.29) is 29.0 Å². The van der Waals surface area contributed by atoms with Crippen LogP contribution >= 0.6 is 0 Å². The van der Waals surface area contributed by atoms with Crippen molar-refractivity contribution in [1.82, 2.24) is 10.2 Å². The third kappa shape index (κ3) is 4.98. The summed E-state index contributed by atoms with van der Waals surface area (Å²) in [5.41, 5.74) is 0.543. The largest absolute Gasteiger partial charge is 0.497 e. The molecule has 0 bridgehead atoms. The number of hydrogen-bond acceptors (Lipinski definition) is 9. The number of carbonyl (C=O) groups is 1. The molecule has 4 aromatic rings. The van der Waals surface area contributed by atoms with Gasteiger partial charge in [0.25, 0.3) is 5.89 Å². The Hall–Kier alpha value is -3.86. The summed E-state index contributed by atoms with van der Waals surface area (Å²) in [6.45, 7) is 2.36. The number of hydrogen-bond donors (Lipinski definition) is 1. The monoisotopic (exact) mass is 471 g/mol. The second-order valence-electron chi connectivity index (χ2n) is 6.92. The average molecular weight is 471 g/mol. The summed E-state index contributed by atoms with van der Waals surface area (Å²) >= 11 is 0. The zero-order valence-corrected chi connectivity index (χ0v) is 18.7. The minimum Gasteiger partial charge on any atom is -0.497 e. The zero-order chi connectivity index (χ0) is 23.4. The van der Waals surface area contributed by atoms with Gasteiger partial charge in [0.15, 0.2) is 26.9 Å². The number of aromatic nitrogens is 2. The van der Waals surface area contributed by atoms with Crippen LogP contribution in [0.2, 0.25) is 0 Å². The number of carbonyl (C=O) groups excluding carboxylic acids is 1. The lowest BCUT2D eigenvalue weighted by atomic mass is 10.2. The predicted octanol–water partition coefficient (Wildman–Crippen LogP) is 3.69. The van der Waals surface area contributed by atoms with E-state index >= 15 is 0 Å². The number of nitrogens with one attached hydrogen (secondary N) is 1. The Balaban J connectivity index is 1.40. The lowest BCUT2D eigenvalue weighted by molar-refractivity contribution is -0.115.